The minimum atomic E-state index is 0.166. The van der Waals surface area contributed by atoms with Crippen molar-refractivity contribution in [3.05, 3.63) is 23.8 Å². The van der Waals surface area contributed by atoms with E-state index in [1.807, 2.05) is 18.2 Å². The smallest absolute Gasteiger partial charge is 0.123 e. The third-order valence-corrected chi connectivity index (χ3v) is 5.04. The van der Waals surface area contributed by atoms with Gasteiger partial charge >= 0.3 is 0 Å². The Morgan fingerprint density at radius 3 is 2.35 bits per heavy atom. The van der Waals surface area contributed by atoms with Crippen LogP contribution in [0.25, 0.3) is 0 Å². The molecule has 0 spiro atoms. The second kappa shape index (κ2) is 5.76. The molecule has 1 aromatic rings. The van der Waals surface area contributed by atoms with Crippen molar-refractivity contribution in [1.29, 1.82) is 0 Å². The van der Waals surface area contributed by atoms with Gasteiger partial charge in [0.2, 0.25) is 0 Å². The van der Waals surface area contributed by atoms with Crippen molar-refractivity contribution in [3.8, 4) is 11.5 Å². The van der Waals surface area contributed by atoms with Gasteiger partial charge in [0.05, 0.1) is 14.2 Å². The number of ether oxygens (including phenoxy) is 2. The van der Waals surface area contributed by atoms with Crippen LogP contribution in [0.3, 0.4) is 0 Å². The van der Waals surface area contributed by atoms with Crippen LogP contribution in [0, 0.1) is 5.41 Å². The second-order valence-corrected chi connectivity index (χ2v) is 5.73. The predicted molar refractivity (Wildman–Crippen MR) is 75.3 cm³/mol. The van der Waals surface area contributed by atoms with Crippen LogP contribution in [-0.2, 0) is 0 Å². The lowest BCUT2D eigenvalue weighted by Crippen LogP contribution is -2.17. The van der Waals surface area contributed by atoms with Crippen molar-refractivity contribution in [2.75, 3.05) is 14.2 Å². The summed E-state index contributed by atoms with van der Waals surface area (Å²) in [6.45, 7) is 6.68. The first-order valence-corrected chi connectivity index (χ1v) is 6.73. The van der Waals surface area contributed by atoms with Crippen LogP contribution >= 0.6 is 15.9 Å². The lowest BCUT2D eigenvalue weighted by atomic mass is 9.83. The highest BCUT2D eigenvalue weighted by atomic mass is 79.9. The number of hydrogen-bond acceptors (Lipinski definition) is 2. The molecule has 0 heterocycles. The lowest BCUT2D eigenvalue weighted by molar-refractivity contribution is 0.333. The molecule has 2 nitrogen and oxygen atoms in total. The summed E-state index contributed by atoms with van der Waals surface area (Å²) in [6, 6.07) is 5.91. The SMILES string of the molecule is CCC(C)(C)C(Br)c1cc(OC)ccc1OC. The van der Waals surface area contributed by atoms with Gasteiger partial charge < -0.3 is 9.47 Å². The van der Waals surface area contributed by atoms with Gasteiger partial charge in [-0.1, -0.05) is 36.7 Å². The average Bonchev–Trinajstić information content (AvgIpc) is 2.36. The summed E-state index contributed by atoms with van der Waals surface area (Å²) in [5, 5.41) is 0. The zero-order chi connectivity index (χ0) is 13.1. The molecule has 0 aliphatic carbocycles. The molecule has 3 heteroatoms. The van der Waals surface area contributed by atoms with Crippen molar-refractivity contribution in [1.82, 2.24) is 0 Å². The van der Waals surface area contributed by atoms with Crippen LogP contribution in [0.5, 0.6) is 11.5 Å². The molecule has 0 bridgehead atoms. The molecule has 0 fully saturated rings. The average molecular weight is 301 g/mol. The minimum Gasteiger partial charge on any atom is -0.497 e. The van der Waals surface area contributed by atoms with Gasteiger partial charge in [-0.2, -0.15) is 0 Å². The molecule has 1 unspecified atom stereocenters. The maximum absolute atomic E-state index is 5.42. The van der Waals surface area contributed by atoms with Crippen LogP contribution in [0.2, 0.25) is 0 Å². The maximum Gasteiger partial charge on any atom is 0.123 e. The molecule has 0 aliphatic rings. The molecule has 1 rings (SSSR count). The first kappa shape index (κ1) is 14.4. The van der Waals surface area contributed by atoms with Gasteiger partial charge in [0.25, 0.3) is 0 Å². The van der Waals surface area contributed by atoms with E-state index < -0.39 is 0 Å². The zero-order valence-corrected chi connectivity index (χ0v) is 12.8. The Labute approximate surface area is 112 Å². The molecule has 0 aliphatic heterocycles. The Morgan fingerprint density at radius 2 is 1.88 bits per heavy atom. The van der Waals surface area contributed by atoms with Crippen LogP contribution < -0.4 is 9.47 Å². The molecular weight excluding hydrogens is 280 g/mol. The van der Waals surface area contributed by atoms with E-state index in [0.717, 1.165) is 23.5 Å². The fourth-order valence-corrected chi connectivity index (χ4v) is 2.32. The van der Waals surface area contributed by atoms with Gasteiger partial charge in [-0.25, -0.2) is 0 Å². The Bertz CT molecular complexity index is 374. The van der Waals surface area contributed by atoms with E-state index in [2.05, 4.69) is 36.7 Å². The molecule has 96 valence electrons. The third kappa shape index (κ3) is 3.15. The van der Waals surface area contributed by atoms with Crippen molar-refractivity contribution in [2.45, 2.75) is 32.0 Å². The fourth-order valence-electron chi connectivity index (χ4n) is 1.64. The molecule has 0 aromatic heterocycles. The van der Waals surface area contributed by atoms with Crippen molar-refractivity contribution >= 4 is 15.9 Å². The summed E-state index contributed by atoms with van der Waals surface area (Å²) >= 11 is 3.79. The normalized spacial score (nSPS) is 13.3. The number of alkyl halides is 1. The van der Waals surface area contributed by atoms with Crippen LogP contribution in [0.1, 0.15) is 37.6 Å². The number of benzene rings is 1. The summed E-state index contributed by atoms with van der Waals surface area (Å²) in [5.74, 6) is 1.76. The van der Waals surface area contributed by atoms with Crippen LogP contribution in [0.15, 0.2) is 18.2 Å². The summed E-state index contributed by atoms with van der Waals surface area (Å²) in [7, 11) is 3.38. The molecule has 0 saturated heterocycles. The highest BCUT2D eigenvalue weighted by Crippen LogP contribution is 2.46. The van der Waals surface area contributed by atoms with Gasteiger partial charge in [0.15, 0.2) is 0 Å². The highest BCUT2D eigenvalue weighted by Gasteiger charge is 2.29. The fraction of sp³-hybridized carbons (Fsp3) is 0.571. The maximum atomic E-state index is 5.42. The Hall–Kier alpha value is -0.700. The van der Waals surface area contributed by atoms with Crippen molar-refractivity contribution in [3.63, 3.8) is 0 Å². The molecule has 1 atom stereocenters. The zero-order valence-electron chi connectivity index (χ0n) is 11.2. The molecule has 0 amide bonds. The van der Waals surface area contributed by atoms with Crippen molar-refractivity contribution in [2.24, 2.45) is 5.41 Å². The first-order chi connectivity index (χ1) is 7.96. The van der Waals surface area contributed by atoms with E-state index in [1.165, 1.54) is 0 Å². The molecule has 0 saturated carbocycles. The quantitative estimate of drug-likeness (QED) is 0.741. The summed E-state index contributed by atoms with van der Waals surface area (Å²) in [4.78, 5) is 0.241. The Kier molecular flexibility index (Phi) is 4.87. The number of rotatable bonds is 5. The Morgan fingerprint density at radius 1 is 1.24 bits per heavy atom. The van der Waals surface area contributed by atoms with E-state index in [9.17, 15) is 0 Å². The Balaban J connectivity index is 3.18. The predicted octanol–water partition coefficient (Wildman–Crippen LogP) is 4.58. The number of hydrogen-bond donors (Lipinski definition) is 0. The summed E-state index contributed by atoms with van der Waals surface area (Å²) < 4.78 is 10.7. The first-order valence-electron chi connectivity index (χ1n) is 5.82. The van der Waals surface area contributed by atoms with Crippen LogP contribution in [-0.4, -0.2) is 14.2 Å². The molecule has 17 heavy (non-hydrogen) atoms. The second-order valence-electron chi connectivity index (χ2n) is 4.81. The van der Waals surface area contributed by atoms with Gasteiger partial charge in [0, 0.05) is 10.4 Å². The van der Waals surface area contributed by atoms with E-state index in [0.29, 0.717) is 0 Å². The van der Waals surface area contributed by atoms with E-state index in [-0.39, 0.29) is 10.2 Å². The third-order valence-electron chi connectivity index (χ3n) is 3.31. The van der Waals surface area contributed by atoms with Crippen LogP contribution in [0.4, 0.5) is 0 Å². The topological polar surface area (TPSA) is 18.5 Å². The molecule has 1 aromatic carbocycles. The standard InChI is InChI=1S/C14H21BrO2/c1-6-14(2,3)13(15)11-9-10(16-4)7-8-12(11)17-5/h7-9,13H,6H2,1-5H3. The molecule has 0 radical (unpaired) electrons. The van der Waals surface area contributed by atoms with Gasteiger partial charge in [0.1, 0.15) is 11.5 Å². The highest BCUT2D eigenvalue weighted by molar-refractivity contribution is 9.09. The molecule has 0 N–H and O–H groups in total. The lowest BCUT2D eigenvalue weighted by Gasteiger charge is -2.30. The summed E-state index contributed by atoms with van der Waals surface area (Å²) in [6.07, 6.45) is 1.09. The van der Waals surface area contributed by atoms with E-state index in [4.69, 9.17) is 9.47 Å². The largest absolute Gasteiger partial charge is 0.497 e. The molecular formula is C14H21BrO2. The monoisotopic (exact) mass is 300 g/mol. The van der Waals surface area contributed by atoms with Crippen molar-refractivity contribution < 1.29 is 9.47 Å². The summed E-state index contributed by atoms with van der Waals surface area (Å²) in [5.41, 5.74) is 1.30. The number of halogens is 1. The van der Waals surface area contributed by atoms with Gasteiger partial charge in [-0.15, -0.1) is 0 Å². The minimum absolute atomic E-state index is 0.166. The number of methoxy groups -OCH3 is 2. The van der Waals surface area contributed by atoms with Gasteiger partial charge in [-0.05, 0) is 30.0 Å². The van der Waals surface area contributed by atoms with E-state index >= 15 is 0 Å². The van der Waals surface area contributed by atoms with E-state index in [1.54, 1.807) is 14.2 Å². The van der Waals surface area contributed by atoms with Gasteiger partial charge in [-0.3, -0.25) is 0 Å².